The van der Waals surface area contributed by atoms with Crippen LogP contribution in [0.4, 0.5) is 5.69 Å². The summed E-state index contributed by atoms with van der Waals surface area (Å²) in [5, 5.41) is 0. The van der Waals surface area contributed by atoms with E-state index in [9.17, 15) is 0 Å². The number of allylic oxidation sites excluding steroid dienone is 4. The largest absolute Gasteiger partial charge is 0.253 e. The molecule has 0 saturated carbocycles. The number of rotatable bonds is 3. The molecule has 0 N–H and O–H groups in total. The van der Waals surface area contributed by atoms with Crippen molar-refractivity contribution < 1.29 is 0 Å². The summed E-state index contributed by atoms with van der Waals surface area (Å²) < 4.78 is 0. The van der Waals surface area contributed by atoms with Crippen LogP contribution in [0.25, 0.3) is 5.57 Å². The Balaban J connectivity index is 2.08. The van der Waals surface area contributed by atoms with Crippen LogP contribution in [0, 0.1) is 5.92 Å². The predicted molar refractivity (Wildman–Crippen MR) is 100 cm³/mol. The molecule has 0 aliphatic heterocycles. The molecule has 1 atom stereocenters. The van der Waals surface area contributed by atoms with E-state index < -0.39 is 0 Å². The van der Waals surface area contributed by atoms with Crippen LogP contribution in [0.15, 0.2) is 76.8 Å². The van der Waals surface area contributed by atoms with E-state index in [1.165, 1.54) is 27.8 Å². The van der Waals surface area contributed by atoms with Crippen molar-refractivity contribution in [3.63, 3.8) is 0 Å². The molecular formula is C22H23N. The van der Waals surface area contributed by atoms with Gasteiger partial charge in [0.1, 0.15) is 0 Å². The summed E-state index contributed by atoms with van der Waals surface area (Å²) in [6.45, 7) is 8.80. The summed E-state index contributed by atoms with van der Waals surface area (Å²) in [5.74, 6) is 0.459. The van der Waals surface area contributed by atoms with Crippen LogP contribution in [0.2, 0.25) is 0 Å². The molecule has 0 radical (unpaired) electrons. The zero-order valence-electron chi connectivity index (χ0n) is 14.3. The highest BCUT2D eigenvalue weighted by atomic mass is 14.7. The van der Waals surface area contributed by atoms with Crippen LogP contribution in [0.3, 0.4) is 0 Å². The molecule has 1 unspecified atom stereocenters. The minimum Gasteiger partial charge on any atom is -0.253 e. The van der Waals surface area contributed by atoms with E-state index >= 15 is 0 Å². The second-order valence-electron chi connectivity index (χ2n) is 6.26. The first kappa shape index (κ1) is 15.5. The third kappa shape index (κ3) is 3.05. The predicted octanol–water partition coefficient (Wildman–Crippen LogP) is 6.20. The first-order valence-corrected chi connectivity index (χ1v) is 8.17. The van der Waals surface area contributed by atoms with E-state index in [-0.39, 0.29) is 0 Å². The molecule has 0 heterocycles. The van der Waals surface area contributed by atoms with Gasteiger partial charge < -0.3 is 0 Å². The minimum absolute atomic E-state index is 0.459. The van der Waals surface area contributed by atoms with Crippen molar-refractivity contribution in [2.24, 2.45) is 10.9 Å². The van der Waals surface area contributed by atoms with Gasteiger partial charge >= 0.3 is 0 Å². The second-order valence-corrected chi connectivity index (χ2v) is 6.26. The summed E-state index contributed by atoms with van der Waals surface area (Å²) in [4.78, 5) is 4.81. The fourth-order valence-corrected chi connectivity index (χ4v) is 3.37. The monoisotopic (exact) mass is 301 g/mol. The first-order valence-electron chi connectivity index (χ1n) is 8.17. The molecule has 0 aromatic heterocycles. The van der Waals surface area contributed by atoms with Gasteiger partial charge in [0.05, 0.1) is 5.69 Å². The van der Waals surface area contributed by atoms with Gasteiger partial charge in [0.15, 0.2) is 0 Å². The van der Waals surface area contributed by atoms with E-state index in [2.05, 4.69) is 58.0 Å². The van der Waals surface area contributed by atoms with Gasteiger partial charge in [-0.1, -0.05) is 61.0 Å². The second kappa shape index (κ2) is 6.37. The number of hydrogen-bond donors (Lipinski definition) is 0. The lowest BCUT2D eigenvalue weighted by atomic mass is 9.89. The highest BCUT2D eigenvalue weighted by Crippen LogP contribution is 2.39. The Labute approximate surface area is 139 Å². The molecule has 1 heteroatoms. The molecule has 23 heavy (non-hydrogen) atoms. The third-order valence-corrected chi connectivity index (χ3v) is 4.61. The molecule has 0 saturated heterocycles. The summed E-state index contributed by atoms with van der Waals surface area (Å²) in [6, 6.07) is 18.8. The maximum atomic E-state index is 4.81. The zero-order valence-corrected chi connectivity index (χ0v) is 14.3. The minimum atomic E-state index is 0.459. The SMILES string of the molecule is CC1=CC(C)C(c2ccccc2C(C)=Nc2ccccc2)=C1C. The Bertz CT molecular complexity index is 807. The van der Waals surface area contributed by atoms with Crippen LogP contribution < -0.4 is 0 Å². The van der Waals surface area contributed by atoms with Gasteiger partial charge in [0, 0.05) is 17.2 Å². The Hall–Kier alpha value is -2.41. The quantitative estimate of drug-likeness (QED) is 0.599. The Morgan fingerprint density at radius 1 is 0.913 bits per heavy atom. The Morgan fingerprint density at radius 3 is 2.22 bits per heavy atom. The average Bonchev–Trinajstić information content (AvgIpc) is 2.81. The molecule has 0 bridgehead atoms. The smallest absolute Gasteiger partial charge is 0.0633 e. The van der Waals surface area contributed by atoms with Gasteiger partial charge in [-0.05, 0) is 49.6 Å². The Kier molecular flexibility index (Phi) is 4.29. The van der Waals surface area contributed by atoms with Crippen molar-refractivity contribution in [3.8, 4) is 0 Å². The van der Waals surface area contributed by atoms with Gasteiger partial charge in [0.2, 0.25) is 0 Å². The molecule has 1 aliphatic rings. The van der Waals surface area contributed by atoms with Crippen molar-refractivity contribution in [3.05, 3.63) is 82.9 Å². The standard InChI is InChI=1S/C22H23N/c1-15-14-16(2)22(17(15)3)21-13-9-8-12-20(21)18(4)23-19-10-6-5-7-11-19/h5-14,16H,1-4H3. The molecule has 1 aliphatic carbocycles. The fraction of sp³-hybridized carbons (Fsp3) is 0.227. The maximum absolute atomic E-state index is 4.81. The highest BCUT2D eigenvalue weighted by molar-refractivity contribution is 6.05. The van der Waals surface area contributed by atoms with E-state index in [0.717, 1.165) is 11.4 Å². The summed E-state index contributed by atoms with van der Waals surface area (Å²) in [7, 11) is 0. The van der Waals surface area contributed by atoms with Crippen molar-refractivity contribution in [1.29, 1.82) is 0 Å². The Morgan fingerprint density at radius 2 is 1.57 bits per heavy atom. The average molecular weight is 301 g/mol. The van der Waals surface area contributed by atoms with Crippen molar-refractivity contribution in [2.45, 2.75) is 27.7 Å². The fourth-order valence-electron chi connectivity index (χ4n) is 3.37. The number of para-hydroxylation sites is 1. The normalized spacial score (nSPS) is 18.3. The lowest BCUT2D eigenvalue weighted by Crippen LogP contribution is -2.03. The molecule has 0 fully saturated rings. The van der Waals surface area contributed by atoms with Crippen LogP contribution in [-0.2, 0) is 0 Å². The number of hydrogen-bond acceptors (Lipinski definition) is 1. The van der Waals surface area contributed by atoms with Crippen molar-refractivity contribution in [1.82, 2.24) is 0 Å². The molecule has 0 amide bonds. The van der Waals surface area contributed by atoms with E-state index in [1.54, 1.807) is 0 Å². The number of benzene rings is 2. The third-order valence-electron chi connectivity index (χ3n) is 4.61. The molecule has 2 aromatic rings. The molecule has 116 valence electrons. The van der Waals surface area contributed by atoms with Crippen LogP contribution in [0.1, 0.15) is 38.8 Å². The first-order chi connectivity index (χ1) is 11.1. The number of aliphatic imine (C=N–C) groups is 1. The molecule has 2 aromatic carbocycles. The highest BCUT2D eigenvalue weighted by Gasteiger charge is 2.22. The van der Waals surface area contributed by atoms with Gasteiger partial charge in [-0.15, -0.1) is 0 Å². The molecule has 3 rings (SSSR count). The van der Waals surface area contributed by atoms with Gasteiger partial charge in [-0.25, -0.2) is 0 Å². The van der Waals surface area contributed by atoms with Gasteiger partial charge in [0.25, 0.3) is 0 Å². The van der Waals surface area contributed by atoms with E-state index in [1.807, 2.05) is 30.3 Å². The molecular weight excluding hydrogens is 278 g/mol. The van der Waals surface area contributed by atoms with Gasteiger partial charge in [-0.3, -0.25) is 4.99 Å². The van der Waals surface area contributed by atoms with E-state index in [4.69, 9.17) is 4.99 Å². The number of nitrogens with zero attached hydrogens (tertiary/aromatic N) is 1. The molecule has 1 nitrogen and oxygen atoms in total. The van der Waals surface area contributed by atoms with Gasteiger partial charge in [-0.2, -0.15) is 0 Å². The summed E-state index contributed by atoms with van der Waals surface area (Å²) >= 11 is 0. The zero-order chi connectivity index (χ0) is 16.4. The van der Waals surface area contributed by atoms with E-state index in [0.29, 0.717) is 5.92 Å². The summed E-state index contributed by atoms with van der Waals surface area (Å²) in [6.07, 6.45) is 2.35. The van der Waals surface area contributed by atoms with Crippen LogP contribution in [0.5, 0.6) is 0 Å². The lowest BCUT2D eigenvalue weighted by molar-refractivity contribution is 0.974. The lowest BCUT2D eigenvalue weighted by Gasteiger charge is -2.16. The van der Waals surface area contributed by atoms with Crippen LogP contribution >= 0.6 is 0 Å². The molecule has 0 spiro atoms. The summed E-state index contributed by atoms with van der Waals surface area (Å²) in [5.41, 5.74) is 8.81. The van der Waals surface area contributed by atoms with Crippen LogP contribution in [-0.4, -0.2) is 5.71 Å². The van der Waals surface area contributed by atoms with Crippen molar-refractivity contribution in [2.75, 3.05) is 0 Å². The topological polar surface area (TPSA) is 12.4 Å². The van der Waals surface area contributed by atoms with Crippen molar-refractivity contribution >= 4 is 17.0 Å². The maximum Gasteiger partial charge on any atom is 0.0633 e.